The Kier molecular flexibility index (Phi) is 8.50. The van der Waals surface area contributed by atoms with Gasteiger partial charge < -0.3 is 30.7 Å². The fraction of sp³-hybridized carbons (Fsp3) is 0.429. The van der Waals surface area contributed by atoms with Crippen LogP contribution in [-0.2, 0) is 9.47 Å². The molecule has 0 radical (unpaired) electrons. The molecule has 3 heterocycles. The highest BCUT2D eigenvalue weighted by Gasteiger charge is 2.31. The summed E-state index contributed by atoms with van der Waals surface area (Å²) in [7, 11) is 0. The van der Waals surface area contributed by atoms with Crippen LogP contribution >= 0.6 is 0 Å². The van der Waals surface area contributed by atoms with E-state index in [1.54, 1.807) is 17.1 Å². The summed E-state index contributed by atoms with van der Waals surface area (Å²) in [5, 5.41) is 0. The predicted molar refractivity (Wildman–Crippen MR) is 146 cm³/mol. The smallest absolute Gasteiger partial charge is 0.410 e. The van der Waals surface area contributed by atoms with E-state index >= 15 is 0 Å². The summed E-state index contributed by atoms with van der Waals surface area (Å²) >= 11 is 0. The molecule has 3 rings (SSSR count). The first kappa shape index (κ1) is 26.9. The van der Waals surface area contributed by atoms with Crippen molar-refractivity contribution in [1.29, 1.82) is 0 Å². The Hall–Kier alpha value is -3.68. The molecule has 4 N–H and O–H groups in total. The lowest BCUT2D eigenvalue weighted by Crippen LogP contribution is -2.53. The van der Waals surface area contributed by atoms with E-state index in [1.807, 2.05) is 52.0 Å². The average Bonchev–Trinajstić information content (AvgIpc) is 2.82. The van der Waals surface area contributed by atoms with Crippen LogP contribution in [0.5, 0.6) is 0 Å². The van der Waals surface area contributed by atoms with Crippen LogP contribution in [0.15, 0.2) is 60.2 Å². The number of nitrogens with two attached hydrogens (primary N) is 2. The molecule has 0 aromatic carbocycles. The van der Waals surface area contributed by atoms with Crippen molar-refractivity contribution in [3.05, 3.63) is 71.4 Å². The number of hydrogen-bond acceptors (Lipinski definition) is 7. The Morgan fingerprint density at radius 3 is 2.50 bits per heavy atom. The van der Waals surface area contributed by atoms with Gasteiger partial charge in [-0.05, 0) is 69.0 Å². The number of rotatable bonds is 8. The molecule has 1 amide bonds. The Balaban J connectivity index is 1.70. The quantitative estimate of drug-likeness (QED) is 0.404. The van der Waals surface area contributed by atoms with Gasteiger partial charge in [-0.2, -0.15) is 0 Å². The molecule has 194 valence electrons. The molecule has 0 bridgehead atoms. The number of amides is 1. The van der Waals surface area contributed by atoms with Crippen LogP contribution in [0.2, 0.25) is 0 Å². The van der Waals surface area contributed by atoms with Gasteiger partial charge >= 0.3 is 6.09 Å². The van der Waals surface area contributed by atoms with Crippen molar-refractivity contribution in [3.8, 4) is 0 Å². The van der Waals surface area contributed by atoms with Gasteiger partial charge in [0.15, 0.2) is 5.88 Å². The Morgan fingerprint density at radius 2 is 1.94 bits per heavy atom. The second-order valence-corrected chi connectivity index (χ2v) is 9.95. The largest absolute Gasteiger partial charge is 0.472 e. The van der Waals surface area contributed by atoms with E-state index in [9.17, 15) is 4.79 Å². The maximum atomic E-state index is 12.4. The maximum Gasteiger partial charge on any atom is 0.410 e. The first-order valence-corrected chi connectivity index (χ1v) is 12.3. The highest BCUT2D eigenvalue weighted by Crippen LogP contribution is 2.28. The number of ether oxygens (including phenoxy) is 2. The lowest BCUT2D eigenvalue weighted by Gasteiger charge is -2.40. The van der Waals surface area contributed by atoms with E-state index < -0.39 is 5.60 Å². The van der Waals surface area contributed by atoms with E-state index in [-0.39, 0.29) is 12.2 Å². The average molecular weight is 494 g/mol. The summed E-state index contributed by atoms with van der Waals surface area (Å²) in [6, 6.07) is 3.96. The molecule has 1 fully saturated rings. The molecule has 0 unspecified atom stereocenters. The number of carbonyl (C=O) groups is 1. The molecule has 0 spiro atoms. The fourth-order valence-electron chi connectivity index (χ4n) is 3.95. The summed E-state index contributed by atoms with van der Waals surface area (Å²) in [6.45, 7) is 17.5. The van der Waals surface area contributed by atoms with E-state index in [1.165, 1.54) is 0 Å². The highest BCUT2D eigenvalue weighted by atomic mass is 16.6. The van der Waals surface area contributed by atoms with Gasteiger partial charge in [0, 0.05) is 24.4 Å². The third-order valence-corrected chi connectivity index (χ3v) is 6.03. The molecule has 0 saturated carbocycles. The number of anilines is 1. The molecule has 0 atom stereocenters. The molecule has 8 nitrogen and oxygen atoms in total. The minimum atomic E-state index is -0.532. The molecule has 1 aromatic rings. The zero-order chi connectivity index (χ0) is 26.5. The van der Waals surface area contributed by atoms with Gasteiger partial charge in [0.25, 0.3) is 0 Å². The van der Waals surface area contributed by atoms with Crippen molar-refractivity contribution in [3.63, 3.8) is 0 Å². The SMILES string of the molecule is C=Cc1ccc(N2CC(O/C(N)=C(/C=C(\N)CC)C3=CCN(C(=O)OC(C)(C)C)CC3)C2)nc1C=C. The van der Waals surface area contributed by atoms with Crippen molar-refractivity contribution >= 4 is 24.1 Å². The predicted octanol–water partition coefficient (Wildman–Crippen LogP) is 4.56. The first-order valence-electron chi connectivity index (χ1n) is 12.3. The highest BCUT2D eigenvalue weighted by molar-refractivity contribution is 5.69. The first-order chi connectivity index (χ1) is 17.0. The molecular formula is C28H39N5O3. The van der Waals surface area contributed by atoms with Gasteiger partial charge in [-0.25, -0.2) is 9.78 Å². The molecule has 8 heteroatoms. The summed E-state index contributed by atoms with van der Waals surface area (Å²) in [6.07, 6.45) is 8.32. The van der Waals surface area contributed by atoms with E-state index in [2.05, 4.69) is 23.0 Å². The lowest BCUT2D eigenvalue weighted by molar-refractivity contribution is 0.0266. The lowest BCUT2D eigenvalue weighted by atomic mass is 9.98. The second kappa shape index (κ2) is 11.4. The minimum absolute atomic E-state index is 0.0632. The van der Waals surface area contributed by atoms with Crippen molar-refractivity contribution in [1.82, 2.24) is 9.88 Å². The van der Waals surface area contributed by atoms with Gasteiger partial charge in [-0.1, -0.05) is 32.2 Å². The summed E-state index contributed by atoms with van der Waals surface area (Å²) in [5.74, 6) is 1.21. The van der Waals surface area contributed by atoms with Crippen LogP contribution in [-0.4, -0.2) is 53.9 Å². The topological polar surface area (TPSA) is 107 Å². The van der Waals surface area contributed by atoms with Gasteiger partial charge in [0.05, 0.1) is 18.8 Å². The summed E-state index contributed by atoms with van der Waals surface area (Å²) in [4.78, 5) is 20.9. The van der Waals surface area contributed by atoms with Crippen LogP contribution in [0.4, 0.5) is 10.6 Å². The van der Waals surface area contributed by atoms with Crippen LogP contribution in [0.1, 0.15) is 51.8 Å². The van der Waals surface area contributed by atoms with Gasteiger partial charge in [0.1, 0.15) is 17.5 Å². The van der Waals surface area contributed by atoms with Gasteiger partial charge in [0.2, 0.25) is 0 Å². The molecule has 2 aliphatic rings. The maximum absolute atomic E-state index is 12.4. The Bertz CT molecular complexity index is 1090. The van der Waals surface area contributed by atoms with Crippen LogP contribution in [0.3, 0.4) is 0 Å². The molecule has 36 heavy (non-hydrogen) atoms. The third-order valence-electron chi connectivity index (χ3n) is 6.03. The molecule has 2 aliphatic heterocycles. The standard InChI is InChI=1S/C28H39N5O3/c1-7-19-10-11-25(31-24(19)9-3)33-17-22(18-33)35-26(30)23(16-21(29)8-2)20-12-14-32(15-13-20)27(34)36-28(4,5)6/h7,9-12,16,22H,1,3,8,13-15,17-18,29-30H2,2,4-6H3/b21-16-,26-23-. The van der Waals surface area contributed by atoms with Gasteiger partial charge in [-0.15, -0.1) is 0 Å². The van der Waals surface area contributed by atoms with E-state index in [0.29, 0.717) is 50.6 Å². The number of hydrogen-bond donors (Lipinski definition) is 2. The van der Waals surface area contributed by atoms with Crippen LogP contribution in [0, 0.1) is 0 Å². The number of carbonyl (C=O) groups excluding carboxylic acids is 1. The van der Waals surface area contributed by atoms with Crippen molar-refractivity contribution < 1.29 is 14.3 Å². The van der Waals surface area contributed by atoms with Crippen LogP contribution in [0.25, 0.3) is 12.2 Å². The minimum Gasteiger partial charge on any atom is -0.472 e. The third kappa shape index (κ3) is 6.71. The zero-order valence-corrected chi connectivity index (χ0v) is 21.9. The fourth-order valence-corrected chi connectivity index (χ4v) is 3.95. The Morgan fingerprint density at radius 1 is 1.22 bits per heavy atom. The van der Waals surface area contributed by atoms with Crippen molar-refractivity contribution in [2.24, 2.45) is 11.5 Å². The molecule has 0 aliphatic carbocycles. The van der Waals surface area contributed by atoms with Crippen LogP contribution < -0.4 is 16.4 Å². The summed E-state index contributed by atoms with van der Waals surface area (Å²) < 4.78 is 11.6. The zero-order valence-electron chi connectivity index (χ0n) is 21.9. The normalized spacial score (nSPS) is 17.6. The van der Waals surface area contributed by atoms with Crippen molar-refractivity contribution in [2.75, 3.05) is 31.1 Å². The molecule has 1 aromatic heterocycles. The van der Waals surface area contributed by atoms with Gasteiger partial charge in [-0.3, -0.25) is 0 Å². The summed E-state index contributed by atoms with van der Waals surface area (Å²) in [5.41, 5.74) is 16.3. The second-order valence-electron chi connectivity index (χ2n) is 9.95. The van der Waals surface area contributed by atoms with E-state index in [4.69, 9.17) is 20.9 Å². The Labute approximate surface area is 214 Å². The molecular weight excluding hydrogens is 454 g/mol. The molecule has 1 saturated heterocycles. The number of nitrogens with zero attached hydrogens (tertiary/aromatic N) is 3. The van der Waals surface area contributed by atoms with E-state index in [0.717, 1.165) is 28.2 Å². The number of aromatic nitrogens is 1. The number of pyridine rings is 1. The number of allylic oxidation sites excluding steroid dienone is 3. The monoisotopic (exact) mass is 493 g/mol. The van der Waals surface area contributed by atoms with Crippen molar-refractivity contribution in [2.45, 2.75) is 52.2 Å².